The maximum Gasteiger partial charge on any atom is 0.167 e. The van der Waals surface area contributed by atoms with Crippen LogP contribution in [0.5, 0.6) is 0 Å². The van der Waals surface area contributed by atoms with Gasteiger partial charge in [-0.25, -0.2) is 4.39 Å². The van der Waals surface area contributed by atoms with Gasteiger partial charge in [-0.05, 0) is 61.3 Å². The van der Waals surface area contributed by atoms with Crippen LogP contribution in [0.25, 0.3) is 11.3 Å². The van der Waals surface area contributed by atoms with Gasteiger partial charge in [0.2, 0.25) is 0 Å². The molecule has 1 saturated carbocycles. The van der Waals surface area contributed by atoms with Crippen molar-refractivity contribution in [3.63, 3.8) is 0 Å². The largest absolute Gasteiger partial charge is 0.381 e. The zero-order valence-corrected chi connectivity index (χ0v) is 15.5. The van der Waals surface area contributed by atoms with Crippen LogP contribution in [0, 0.1) is 17.2 Å². The van der Waals surface area contributed by atoms with E-state index in [9.17, 15) is 4.39 Å². The lowest BCUT2D eigenvalue weighted by atomic mass is 9.57. The predicted molar refractivity (Wildman–Crippen MR) is 98.3 cm³/mol. The molecule has 1 aromatic heterocycles. The number of benzene rings is 1. The fourth-order valence-corrected chi connectivity index (χ4v) is 4.20. The highest BCUT2D eigenvalue weighted by Gasteiger charge is 2.48. The minimum absolute atomic E-state index is 0.243. The standard InChI is InChI=1S/C21H27FN2O2/c1-21(2)15(12-20(21)23-17-7-9-25-10-8-17)11-18-13-19(26-24-18)14-3-5-16(22)6-4-14/h3-6,13,15,17,20,23H,7-12H2,1-2H3/t15-,20+/m1/s1. The number of nitrogens with one attached hydrogen (secondary N) is 1. The van der Waals surface area contributed by atoms with E-state index >= 15 is 0 Å². The number of nitrogens with zero attached hydrogens (tertiary/aromatic N) is 1. The van der Waals surface area contributed by atoms with E-state index in [-0.39, 0.29) is 11.2 Å². The molecule has 2 atom stereocenters. The van der Waals surface area contributed by atoms with Gasteiger partial charge in [0.1, 0.15) is 5.82 Å². The predicted octanol–water partition coefficient (Wildman–Crippen LogP) is 4.21. The number of aromatic nitrogens is 1. The molecule has 0 spiro atoms. The second kappa shape index (κ2) is 7.12. The van der Waals surface area contributed by atoms with Crippen LogP contribution in [0.4, 0.5) is 4.39 Å². The van der Waals surface area contributed by atoms with Gasteiger partial charge < -0.3 is 14.6 Å². The summed E-state index contributed by atoms with van der Waals surface area (Å²) in [6, 6.07) is 9.47. The van der Waals surface area contributed by atoms with Crippen molar-refractivity contribution >= 4 is 0 Å². The van der Waals surface area contributed by atoms with Crippen LogP contribution in [0.2, 0.25) is 0 Å². The molecule has 1 aromatic carbocycles. The minimum atomic E-state index is -0.243. The summed E-state index contributed by atoms with van der Waals surface area (Å²) in [5.41, 5.74) is 2.08. The lowest BCUT2D eigenvalue weighted by molar-refractivity contribution is -0.00756. The maximum atomic E-state index is 13.1. The fraction of sp³-hybridized carbons (Fsp3) is 0.571. The third-order valence-corrected chi connectivity index (χ3v) is 6.27. The smallest absolute Gasteiger partial charge is 0.167 e. The van der Waals surface area contributed by atoms with E-state index in [0.29, 0.717) is 23.8 Å². The topological polar surface area (TPSA) is 47.3 Å². The Morgan fingerprint density at radius 3 is 2.62 bits per heavy atom. The first-order valence-corrected chi connectivity index (χ1v) is 9.57. The third-order valence-electron chi connectivity index (χ3n) is 6.27. The summed E-state index contributed by atoms with van der Waals surface area (Å²) in [5, 5.41) is 8.08. The number of rotatable bonds is 5. The summed E-state index contributed by atoms with van der Waals surface area (Å²) in [4.78, 5) is 0. The van der Waals surface area contributed by atoms with Crippen LogP contribution >= 0.6 is 0 Å². The molecule has 0 unspecified atom stereocenters. The van der Waals surface area contributed by atoms with Gasteiger partial charge in [0.05, 0.1) is 5.69 Å². The van der Waals surface area contributed by atoms with Crippen molar-refractivity contribution in [1.82, 2.24) is 10.5 Å². The molecule has 2 fully saturated rings. The Bertz CT molecular complexity index is 735. The summed E-state index contributed by atoms with van der Waals surface area (Å²) >= 11 is 0. The van der Waals surface area contributed by atoms with Crippen LogP contribution < -0.4 is 5.32 Å². The molecule has 1 N–H and O–H groups in total. The molecule has 1 aliphatic heterocycles. The molecular formula is C21H27FN2O2. The van der Waals surface area contributed by atoms with Gasteiger partial charge in [0, 0.05) is 36.9 Å². The molecule has 2 aliphatic rings. The molecule has 2 heterocycles. The highest BCUT2D eigenvalue weighted by atomic mass is 19.1. The Labute approximate surface area is 154 Å². The summed E-state index contributed by atoms with van der Waals surface area (Å²) in [6.45, 7) is 6.44. The van der Waals surface area contributed by atoms with Crippen LogP contribution in [0.3, 0.4) is 0 Å². The van der Waals surface area contributed by atoms with Crippen molar-refractivity contribution in [3.8, 4) is 11.3 Å². The maximum absolute atomic E-state index is 13.1. The van der Waals surface area contributed by atoms with E-state index in [1.165, 1.54) is 18.6 Å². The Morgan fingerprint density at radius 2 is 1.92 bits per heavy atom. The molecule has 4 nitrogen and oxygen atoms in total. The summed E-state index contributed by atoms with van der Waals surface area (Å²) in [7, 11) is 0. The zero-order chi connectivity index (χ0) is 18.1. The number of hydrogen-bond donors (Lipinski definition) is 1. The first kappa shape index (κ1) is 17.7. The Hall–Kier alpha value is -1.72. The van der Waals surface area contributed by atoms with Crippen LogP contribution in [0.1, 0.15) is 38.8 Å². The van der Waals surface area contributed by atoms with Crippen molar-refractivity contribution < 1.29 is 13.7 Å². The lowest BCUT2D eigenvalue weighted by Gasteiger charge is -2.54. The first-order chi connectivity index (χ1) is 12.5. The van der Waals surface area contributed by atoms with E-state index in [1.807, 2.05) is 6.07 Å². The second-order valence-electron chi connectivity index (χ2n) is 8.25. The third kappa shape index (κ3) is 3.55. The molecule has 26 heavy (non-hydrogen) atoms. The summed E-state index contributed by atoms with van der Waals surface area (Å²) < 4.78 is 24.0. The Morgan fingerprint density at radius 1 is 1.19 bits per heavy atom. The van der Waals surface area contributed by atoms with Gasteiger partial charge >= 0.3 is 0 Å². The summed E-state index contributed by atoms with van der Waals surface area (Å²) in [5.74, 6) is 1.05. The van der Waals surface area contributed by atoms with Crippen molar-refractivity contribution in [2.24, 2.45) is 11.3 Å². The fourth-order valence-electron chi connectivity index (χ4n) is 4.20. The zero-order valence-electron chi connectivity index (χ0n) is 15.5. The van der Waals surface area contributed by atoms with E-state index < -0.39 is 0 Å². The molecule has 0 bridgehead atoms. The molecule has 140 valence electrons. The van der Waals surface area contributed by atoms with E-state index in [0.717, 1.165) is 43.7 Å². The molecule has 0 radical (unpaired) electrons. The van der Waals surface area contributed by atoms with E-state index in [4.69, 9.17) is 9.26 Å². The Kier molecular flexibility index (Phi) is 4.84. The normalized spacial score (nSPS) is 25.8. The first-order valence-electron chi connectivity index (χ1n) is 9.57. The van der Waals surface area contributed by atoms with Crippen molar-refractivity contribution in [2.75, 3.05) is 13.2 Å². The van der Waals surface area contributed by atoms with Crippen molar-refractivity contribution in [1.29, 1.82) is 0 Å². The van der Waals surface area contributed by atoms with Crippen molar-refractivity contribution in [2.45, 2.75) is 51.6 Å². The molecular weight excluding hydrogens is 331 g/mol. The van der Waals surface area contributed by atoms with Gasteiger partial charge in [-0.3, -0.25) is 0 Å². The van der Waals surface area contributed by atoms with E-state index in [1.54, 1.807) is 12.1 Å². The lowest BCUT2D eigenvalue weighted by Crippen LogP contribution is -2.60. The molecule has 5 heteroatoms. The molecule has 1 aliphatic carbocycles. The second-order valence-corrected chi connectivity index (χ2v) is 8.25. The Balaban J connectivity index is 1.35. The van der Waals surface area contributed by atoms with Gasteiger partial charge in [0.15, 0.2) is 5.76 Å². The van der Waals surface area contributed by atoms with Gasteiger partial charge in [-0.15, -0.1) is 0 Å². The highest BCUT2D eigenvalue weighted by molar-refractivity contribution is 5.57. The summed E-state index contributed by atoms with van der Waals surface area (Å²) in [6.07, 6.45) is 4.32. The molecule has 1 saturated heterocycles. The van der Waals surface area contributed by atoms with Gasteiger partial charge in [-0.2, -0.15) is 0 Å². The average molecular weight is 358 g/mol. The van der Waals surface area contributed by atoms with Gasteiger partial charge in [0.25, 0.3) is 0 Å². The number of hydrogen-bond acceptors (Lipinski definition) is 4. The minimum Gasteiger partial charge on any atom is -0.381 e. The molecule has 4 rings (SSSR count). The van der Waals surface area contributed by atoms with Crippen LogP contribution in [0.15, 0.2) is 34.9 Å². The molecule has 2 aromatic rings. The number of ether oxygens (including phenoxy) is 1. The van der Waals surface area contributed by atoms with Crippen LogP contribution in [-0.4, -0.2) is 30.5 Å². The SMILES string of the molecule is CC1(C)[C@H](Cc2cc(-c3ccc(F)cc3)on2)C[C@@H]1NC1CCOCC1. The average Bonchev–Trinajstić information content (AvgIpc) is 3.11. The van der Waals surface area contributed by atoms with E-state index in [2.05, 4.69) is 24.3 Å². The monoisotopic (exact) mass is 358 g/mol. The van der Waals surface area contributed by atoms with Crippen molar-refractivity contribution in [3.05, 3.63) is 41.8 Å². The highest BCUT2D eigenvalue weighted by Crippen LogP contribution is 2.48. The van der Waals surface area contributed by atoms with Crippen LogP contribution in [-0.2, 0) is 11.2 Å². The van der Waals surface area contributed by atoms with Gasteiger partial charge in [-0.1, -0.05) is 19.0 Å². The molecule has 0 amide bonds. The number of halogens is 1. The quantitative estimate of drug-likeness (QED) is 0.870.